The number of fused-ring (bicyclic) bond motifs is 1. The van der Waals surface area contributed by atoms with Crippen LogP contribution in [0.5, 0.6) is 0 Å². The first-order valence-electron chi connectivity index (χ1n) is 9.33. The molecule has 0 spiro atoms. The Labute approximate surface area is 162 Å². The highest BCUT2D eigenvalue weighted by Gasteiger charge is 2.22. The number of imidazole rings is 1. The Hall–Kier alpha value is -2.96. The summed E-state index contributed by atoms with van der Waals surface area (Å²) in [6, 6.07) is 11.9. The van der Waals surface area contributed by atoms with Crippen molar-refractivity contribution in [1.29, 1.82) is 0 Å². The Balaban J connectivity index is 1.90. The summed E-state index contributed by atoms with van der Waals surface area (Å²) >= 11 is 0. The zero-order valence-corrected chi connectivity index (χ0v) is 16.2. The van der Waals surface area contributed by atoms with Crippen LogP contribution in [-0.4, -0.2) is 15.5 Å². The van der Waals surface area contributed by atoms with Gasteiger partial charge in [-0.05, 0) is 50.1 Å². The van der Waals surface area contributed by atoms with Gasteiger partial charge in [0.1, 0.15) is 5.82 Å². The molecule has 1 unspecified atom stereocenters. The van der Waals surface area contributed by atoms with Gasteiger partial charge in [0.2, 0.25) is 5.91 Å². The van der Waals surface area contributed by atoms with Crippen LogP contribution < -0.4 is 10.6 Å². The zero-order chi connectivity index (χ0) is 20.3. The van der Waals surface area contributed by atoms with Crippen molar-refractivity contribution >= 4 is 28.3 Å². The highest BCUT2D eigenvalue weighted by atomic mass is 19.3. The molecule has 1 amide bonds. The lowest BCUT2D eigenvalue weighted by atomic mass is 10.1. The molecule has 0 fully saturated rings. The van der Waals surface area contributed by atoms with Crippen molar-refractivity contribution in [1.82, 2.24) is 9.55 Å². The standard InChI is InChI=1S/C21H24F2N4O/c1-4-8-19(28)25-16-11-7-10-15(13(16)2)24-14(3)20-26-17-9-5-6-12-18(17)27(20)21(22)23/h5-7,9-12,14,21,24H,4,8H2,1-3H3,(H,25,28). The minimum Gasteiger partial charge on any atom is -0.375 e. The smallest absolute Gasteiger partial charge is 0.320 e. The largest absolute Gasteiger partial charge is 0.375 e. The lowest BCUT2D eigenvalue weighted by Crippen LogP contribution is -2.16. The van der Waals surface area contributed by atoms with Crippen molar-refractivity contribution in [3.63, 3.8) is 0 Å². The zero-order valence-electron chi connectivity index (χ0n) is 16.2. The Morgan fingerprint density at radius 3 is 2.57 bits per heavy atom. The molecule has 0 saturated heterocycles. The number of hydrogen-bond donors (Lipinski definition) is 2. The van der Waals surface area contributed by atoms with Crippen LogP contribution in [0.4, 0.5) is 20.2 Å². The molecular formula is C21H24F2N4O. The van der Waals surface area contributed by atoms with Crippen LogP contribution >= 0.6 is 0 Å². The summed E-state index contributed by atoms with van der Waals surface area (Å²) in [7, 11) is 0. The van der Waals surface area contributed by atoms with Crippen LogP contribution in [0.2, 0.25) is 0 Å². The lowest BCUT2D eigenvalue weighted by Gasteiger charge is -2.20. The van der Waals surface area contributed by atoms with Crippen molar-refractivity contribution in [3.8, 4) is 0 Å². The number of carbonyl (C=O) groups is 1. The molecular weight excluding hydrogens is 362 g/mol. The second kappa shape index (κ2) is 8.37. The van der Waals surface area contributed by atoms with E-state index >= 15 is 0 Å². The van der Waals surface area contributed by atoms with Gasteiger partial charge in [0.25, 0.3) is 0 Å². The number of rotatable bonds is 7. The number of halogens is 2. The van der Waals surface area contributed by atoms with E-state index in [1.165, 1.54) is 0 Å². The van der Waals surface area contributed by atoms with Crippen LogP contribution in [0, 0.1) is 6.92 Å². The van der Waals surface area contributed by atoms with E-state index in [-0.39, 0.29) is 11.7 Å². The molecule has 0 bridgehead atoms. The van der Waals surface area contributed by atoms with Crippen molar-refractivity contribution < 1.29 is 13.6 Å². The molecule has 0 saturated carbocycles. The maximum absolute atomic E-state index is 13.7. The number of aromatic nitrogens is 2. The molecule has 0 aliphatic heterocycles. The fourth-order valence-electron chi connectivity index (χ4n) is 3.24. The second-order valence-electron chi connectivity index (χ2n) is 6.75. The molecule has 2 N–H and O–H groups in total. The van der Waals surface area contributed by atoms with Gasteiger partial charge in [-0.25, -0.2) is 4.98 Å². The van der Waals surface area contributed by atoms with Gasteiger partial charge in [-0.3, -0.25) is 9.36 Å². The van der Waals surface area contributed by atoms with Crippen LogP contribution in [-0.2, 0) is 4.79 Å². The molecule has 0 radical (unpaired) electrons. The maximum Gasteiger partial charge on any atom is 0.320 e. The number of benzene rings is 2. The summed E-state index contributed by atoms with van der Waals surface area (Å²) < 4.78 is 28.3. The average Bonchev–Trinajstić information content (AvgIpc) is 3.05. The van der Waals surface area contributed by atoms with Crippen LogP contribution in [0.25, 0.3) is 11.0 Å². The summed E-state index contributed by atoms with van der Waals surface area (Å²) in [5.41, 5.74) is 3.24. The normalized spacial score (nSPS) is 12.4. The van der Waals surface area contributed by atoms with E-state index in [1.807, 2.05) is 32.0 Å². The van der Waals surface area contributed by atoms with Gasteiger partial charge in [-0.2, -0.15) is 8.78 Å². The molecule has 3 aromatic rings. The van der Waals surface area contributed by atoms with E-state index in [4.69, 9.17) is 0 Å². The number of nitrogens with zero attached hydrogens (tertiary/aromatic N) is 2. The molecule has 1 aromatic heterocycles. The fourth-order valence-corrected chi connectivity index (χ4v) is 3.24. The Kier molecular flexibility index (Phi) is 5.92. The van der Waals surface area contributed by atoms with E-state index in [2.05, 4.69) is 15.6 Å². The topological polar surface area (TPSA) is 59.0 Å². The van der Waals surface area contributed by atoms with Gasteiger partial charge in [0.15, 0.2) is 0 Å². The Morgan fingerprint density at radius 1 is 1.14 bits per heavy atom. The Bertz CT molecular complexity index is 984. The van der Waals surface area contributed by atoms with Gasteiger partial charge in [-0.1, -0.05) is 25.1 Å². The molecule has 148 valence electrons. The van der Waals surface area contributed by atoms with Crippen molar-refractivity contribution in [2.24, 2.45) is 0 Å². The van der Waals surface area contributed by atoms with Crippen LogP contribution in [0.15, 0.2) is 42.5 Å². The maximum atomic E-state index is 13.7. The molecule has 7 heteroatoms. The fraction of sp³-hybridized carbons (Fsp3) is 0.333. The molecule has 2 aromatic carbocycles. The van der Waals surface area contributed by atoms with Crippen molar-refractivity contribution in [2.45, 2.75) is 46.2 Å². The number of para-hydroxylation sites is 2. The first-order chi connectivity index (χ1) is 13.4. The number of amides is 1. The summed E-state index contributed by atoms with van der Waals surface area (Å²) in [4.78, 5) is 16.3. The van der Waals surface area contributed by atoms with Gasteiger partial charge in [0, 0.05) is 17.8 Å². The molecule has 5 nitrogen and oxygen atoms in total. The number of alkyl halides is 2. The first kappa shape index (κ1) is 19.8. The van der Waals surface area contributed by atoms with E-state index < -0.39 is 12.6 Å². The molecule has 28 heavy (non-hydrogen) atoms. The van der Waals surface area contributed by atoms with Gasteiger partial charge in [-0.15, -0.1) is 0 Å². The predicted molar refractivity (Wildman–Crippen MR) is 108 cm³/mol. The summed E-state index contributed by atoms with van der Waals surface area (Å²) in [6.45, 7) is 2.93. The van der Waals surface area contributed by atoms with E-state index in [0.717, 1.165) is 22.2 Å². The third-order valence-corrected chi connectivity index (χ3v) is 4.66. The predicted octanol–water partition coefficient (Wildman–Crippen LogP) is 5.65. The molecule has 0 aliphatic carbocycles. The summed E-state index contributed by atoms with van der Waals surface area (Å²) in [5, 5.41) is 6.16. The average molecular weight is 386 g/mol. The molecule has 1 atom stereocenters. The molecule has 0 aliphatic rings. The molecule has 1 heterocycles. The van der Waals surface area contributed by atoms with Gasteiger partial charge < -0.3 is 10.6 Å². The quantitative estimate of drug-likeness (QED) is 0.551. The van der Waals surface area contributed by atoms with Crippen LogP contribution in [0.3, 0.4) is 0 Å². The van der Waals surface area contributed by atoms with Crippen molar-refractivity contribution in [3.05, 3.63) is 53.9 Å². The highest BCUT2D eigenvalue weighted by Crippen LogP contribution is 2.31. The van der Waals surface area contributed by atoms with E-state index in [1.54, 1.807) is 31.2 Å². The highest BCUT2D eigenvalue weighted by molar-refractivity contribution is 5.92. The lowest BCUT2D eigenvalue weighted by molar-refractivity contribution is -0.116. The number of nitrogens with one attached hydrogen (secondary N) is 2. The van der Waals surface area contributed by atoms with E-state index in [9.17, 15) is 13.6 Å². The molecule has 3 rings (SSSR count). The summed E-state index contributed by atoms with van der Waals surface area (Å²) in [5.74, 6) is 0.214. The number of carbonyl (C=O) groups excluding carboxylic acids is 1. The minimum atomic E-state index is -2.69. The summed E-state index contributed by atoms with van der Waals surface area (Å²) in [6.07, 6.45) is 1.22. The first-order valence-corrected chi connectivity index (χ1v) is 9.33. The number of anilines is 2. The number of hydrogen-bond acceptors (Lipinski definition) is 3. The Morgan fingerprint density at radius 2 is 1.86 bits per heavy atom. The van der Waals surface area contributed by atoms with Crippen LogP contribution in [0.1, 0.15) is 50.7 Å². The second-order valence-corrected chi connectivity index (χ2v) is 6.75. The van der Waals surface area contributed by atoms with Gasteiger partial charge in [0.05, 0.1) is 17.1 Å². The van der Waals surface area contributed by atoms with Gasteiger partial charge >= 0.3 is 6.55 Å². The van der Waals surface area contributed by atoms with E-state index in [0.29, 0.717) is 23.1 Å². The monoisotopic (exact) mass is 386 g/mol. The third-order valence-electron chi connectivity index (χ3n) is 4.66. The minimum absolute atomic E-state index is 0.0460. The van der Waals surface area contributed by atoms with Crippen molar-refractivity contribution in [2.75, 3.05) is 10.6 Å². The SMILES string of the molecule is CCCC(=O)Nc1cccc(NC(C)c2nc3ccccc3n2C(F)F)c1C. The third kappa shape index (κ3) is 3.98.